The van der Waals surface area contributed by atoms with E-state index in [-0.39, 0.29) is 25.5 Å². The van der Waals surface area contributed by atoms with E-state index in [2.05, 4.69) is 15.3 Å². The molecule has 6 nitrogen and oxygen atoms in total. The van der Waals surface area contributed by atoms with Crippen LogP contribution >= 0.6 is 0 Å². The summed E-state index contributed by atoms with van der Waals surface area (Å²) in [5.74, 6) is -2.40. The molecule has 0 spiro atoms. The molecule has 3 atom stereocenters. The first kappa shape index (κ1) is 23.0. The molecule has 0 bridgehead atoms. The number of nitrogens with zero attached hydrogens (tertiary/aromatic N) is 2. The molecule has 2 aromatic rings. The van der Waals surface area contributed by atoms with Gasteiger partial charge in [0.1, 0.15) is 23.2 Å². The molecule has 1 unspecified atom stereocenters. The van der Waals surface area contributed by atoms with E-state index >= 15 is 0 Å². The number of hydrogen-bond acceptors (Lipinski definition) is 5. The number of hydrogen-bond donors (Lipinski definition) is 1. The molecule has 1 fully saturated rings. The van der Waals surface area contributed by atoms with Crippen molar-refractivity contribution in [2.45, 2.75) is 26.4 Å². The van der Waals surface area contributed by atoms with Crippen molar-refractivity contribution in [3.63, 3.8) is 0 Å². The monoisotopic (exact) mass is 459 g/mol. The summed E-state index contributed by atoms with van der Waals surface area (Å²) in [5.41, 5.74) is 0.270. The summed E-state index contributed by atoms with van der Waals surface area (Å²) in [5, 5.41) is 2.77. The predicted molar refractivity (Wildman–Crippen MR) is 115 cm³/mol. The molecule has 1 N–H and O–H groups in total. The third kappa shape index (κ3) is 4.93. The average Bonchev–Trinajstić information content (AvgIpc) is 3.53. The number of aryl methyl sites for hydroxylation is 1. The van der Waals surface area contributed by atoms with Gasteiger partial charge in [0, 0.05) is 30.6 Å². The highest BCUT2D eigenvalue weighted by Gasteiger charge is 2.62. The fourth-order valence-corrected chi connectivity index (χ4v) is 4.24. The van der Waals surface area contributed by atoms with E-state index in [1.165, 1.54) is 37.6 Å². The second kappa shape index (κ2) is 9.35. The number of halogens is 3. The molecule has 2 aliphatic carbocycles. The lowest BCUT2D eigenvalue weighted by Gasteiger charge is -2.27. The molecule has 1 aromatic heterocycles. The number of rotatable bonds is 8. The summed E-state index contributed by atoms with van der Waals surface area (Å²) in [7, 11) is 1.54. The molecule has 1 aromatic carbocycles. The molecule has 2 aliphatic rings. The van der Waals surface area contributed by atoms with Gasteiger partial charge in [-0.2, -0.15) is 0 Å². The van der Waals surface area contributed by atoms with Crippen LogP contribution < -0.4 is 10.1 Å². The number of allylic oxidation sites excluding steroid dienone is 4. The van der Waals surface area contributed by atoms with Gasteiger partial charge in [-0.1, -0.05) is 6.08 Å². The Bertz CT molecular complexity index is 1100. The van der Waals surface area contributed by atoms with Crippen molar-refractivity contribution in [3.8, 4) is 5.75 Å². The highest BCUT2D eigenvalue weighted by atomic mass is 19.2. The summed E-state index contributed by atoms with van der Waals surface area (Å²) in [4.78, 5) is 21.5. The maximum atomic E-state index is 14.1. The Morgan fingerprint density at radius 3 is 2.70 bits per heavy atom. The third-order valence-corrected chi connectivity index (χ3v) is 6.15. The number of amides is 1. The van der Waals surface area contributed by atoms with Gasteiger partial charge in [0.25, 0.3) is 0 Å². The van der Waals surface area contributed by atoms with Gasteiger partial charge in [-0.15, -0.1) is 0 Å². The van der Waals surface area contributed by atoms with Gasteiger partial charge in [-0.25, -0.2) is 23.1 Å². The van der Waals surface area contributed by atoms with Crippen LogP contribution in [-0.2, 0) is 16.1 Å². The number of aromatic nitrogens is 2. The SMILES string of the molecule is COCc1nc(C)ncc1OC[C@@]1(C2C=CC(F)=C(F)C2)C[C@H]1C(=O)Nc1ccc(F)cc1. The van der Waals surface area contributed by atoms with Crippen molar-refractivity contribution in [3.05, 3.63) is 71.6 Å². The maximum Gasteiger partial charge on any atom is 0.228 e. The quantitative estimate of drug-likeness (QED) is 0.613. The summed E-state index contributed by atoms with van der Waals surface area (Å²) in [6.45, 7) is 2.05. The molecule has 174 valence electrons. The zero-order valence-corrected chi connectivity index (χ0v) is 18.3. The number of benzene rings is 1. The first-order chi connectivity index (χ1) is 15.8. The van der Waals surface area contributed by atoms with E-state index in [9.17, 15) is 18.0 Å². The lowest BCUT2D eigenvalue weighted by Crippen LogP contribution is -2.30. The minimum atomic E-state index is -0.899. The molecule has 4 rings (SSSR count). The first-order valence-electron chi connectivity index (χ1n) is 10.6. The third-order valence-electron chi connectivity index (χ3n) is 6.15. The van der Waals surface area contributed by atoms with Gasteiger partial charge in [0.2, 0.25) is 5.91 Å². The van der Waals surface area contributed by atoms with Gasteiger partial charge in [0.05, 0.1) is 19.4 Å². The molecule has 9 heteroatoms. The van der Waals surface area contributed by atoms with Gasteiger partial charge < -0.3 is 14.8 Å². The Morgan fingerprint density at radius 2 is 2.00 bits per heavy atom. The van der Waals surface area contributed by atoms with Crippen LogP contribution in [0.1, 0.15) is 24.4 Å². The lowest BCUT2D eigenvalue weighted by molar-refractivity contribution is -0.118. The van der Waals surface area contributed by atoms with Gasteiger partial charge in [-0.05, 0) is 49.6 Å². The Hall–Kier alpha value is -3.20. The van der Waals surface area contributed by atoms with E-state index in [0.29, 0.717) is 29.4 Å². The van der Waals surface area contributed by atoms with Crippen LogP contribution in [0.15, 0.2) is 54.3 Å². The fourth-order valence-electron chi connectivity index (χ4n) is 4.24. The van der Waals surface area contributed by atoms with E-state index in [1.807, 2.05) is 0 Å². The van der Waals surface area contributed by atoms with E-state index in [0.717, 1.165) is 6.08 Å². The minimum Gasteiger partial charge on any atom is -0.489 e. The number of nitrogens with one attached hydrogen (secondary N) is 1. The minimum absolute atomic E-state index is 0.0849. The van der Waals surface area contributed by atoms with Gasteiger partial charge in [0.15, 0.2) is 11.6 Å². The Kier molecular flexibility index (Phi) is 6.51. The summed E-state index contributed by atoms with van der Waals surface area (Å²) >= 11 is 0. The van der Waals surface area contributed by atoms with Crippen molar-refractivity contribution < 1.29 is 27.4 Å². The number of anilines is 1. The largest absolute Gasteiger partial charge is 0.489 e. The number of methoxy groups -OCH3 is 1. The summed E-state index contributed by atoms with van der Waals surface area (Å²) < 4.78 is 52.1. The molecule has 1 amide bonds. The Morgan fingerprint density at radius 1 is 1.24 bits per heavy atom. The van der Waals surface area contributed by atoms with Crippen LogP contribution in [0.25, 0.3) is 0 Å². The average molecular weight is 459 g/mol. The second-order valence-corrected chi connectivity index (χ2v) is 8.36. The lowest BCUT2D eigenvalue weighted by atomic mass is 9.82. The van der Waals surface area contributed by atoms with Crippen LogP contribution in [0, 0.1) is 30.0 Å². The van der Waals surface area contributed by atoms with E-state index in [4.69, 9.17) is 9.47 Å². The molecule has 0 radical (unpaired) electrons. The number of ether oxygens (including phenoxy) is 2. The van der Waals surface area contributed by atoms with Crippen molar-refractivity contribution in [1.29, 1.82) is 0 Å². The topological polar surface area (TPSA) is 73.3 Å². The van der Waals surface area contributed by atoms with Crippen molar-refractivity contribution >= 4 is 11.6 Å². The van der Waals surface area contributed by atoms with E-state index < -0.39 is 34.7 Å². The van der Waals surface area contributed by atoms with E-state index in [1.54, 1.807) is 13.0 Å². The zero-order chi connectivity index (χ0) is 23.6. The van der Waals surface area contributed by atoms with Crippen molar-refractivity contribution in [2.24, 2.45) is 17.3 Å². The van der Waals surface area contributed by atoms with Crippen molar-refractivity contribution in [1.82, 2.24) is 9.97 Å². The van der Waals surface area contributed by atoms with Crippen LogP contribution in [-0.4, -0.2) is 29.6 Å². The molecule has 0 aliphatic heterocycles. The molecular formula is C24H24F3N3O3. The Labute approximate surface area is 189 Å². The first-order valence-corrected chi connectivity index (χ1v) is 10.6. The molecule has 1 saturated carbocycles. The summed E-state index contributed by atoms with van der Waals surface area (Å²) in [6.07, 6.45) is 4.51. The summed E-state index contributed by atoms with van der Waals surface area (Å²) in [6, 6.07) is 5.43. The molecular weight excluding hydrogens is 435 g/mol. The van der Waals surface area contributed by atoms with Gasteiger partial charge in [-0.3, -0.25) is 4.79 Å². The second-order valence-electron chi connectivity index (χ2n) is 8.36. The highest BCUT2D eigenvalue weighted by Crippen LogP contribution is 2.61. The smallest absolute Gasteiger partial charge is 0.228 e. The molecule has 0 saturated heterocycles. The number of carbonyl (C=O) groups excluding carboxylic acids is 1. The van der Waals surface area contributed by atoms with Crippen LogP contribution in [0.4, 0.5) is 18.9 Å². The maximum absolute atomic E-state index is 14.1. The molecule has 1 heterocycles. The normalized spacial score (nSPS) is 24.0. The standard InChI is InChI=1S/C24H24F3N3O3/c1-14-28-11-22(21(29-14)12-32-2)33-13-24(15-3-8-19(26)20(27)9-15)10-18(24)23(31)30-17-6-4-16(25)5-7-17/h3-8,11,15,18H,9-10,12-13H2,1-2H3,(H,30,31)/t15?,18-,24+/m0/s1. The van der Waals surface area contributed by atoms with Gasteiger partial charge >= 0.3 is 0 Å². The zero-order valence-electron chi connectivity index (χ0n) is 18.3. The van der Waals surface area contributed by atoms with Crippen LogP contribution in [0.2, 0.25) is 0 Å². The highest BCUT2D eigenvalue weighted by molar-refractivity contribution is 5.95. The number of carbonyl (C=O) groups is 1. The van der Waals surface area contributed by atoms with Crippen LogP contribution in [0.3, 0.4) is 0 Å². The molecule has 33 heavy (non-hydrogen) atoms. The van der Waals surface area contributed by atoms with Crippen LogP contribution in [0.5, 0.6) is 5.75 Å². The fraction of sp³-hybridized carbons (Fsp3) is 0.375. The Balaban J connectivity index is 1.54. The predicted octanol–water partition coefficient (Wildman–Crippen LogP) is 4.82. The van der Waals surface area contributed by atoms with Crippen molar-refractivity contribution in [2.75, 3.05) is 19.0 Å².